The number of pyridine rings is 1. The number of fused-ring (bicyclic) bond motifs is 1. The molecule has 4 rings (SSSR count). The maximum atomic E-state index is 13.0. The van der Waals surface area contributed by atoms with Crippen molar-refractivity contribution in [3.8, 4) is 0 Å². The van der Waals surface area contributed by atoms with Gasteiger partial charge in [-0.1, -0.05) is 0 Å². The minimum atomic E-state index is -4.39. The van der Waals surface area contributed by atoms with E-state index in [0.717, 1.165) is 25.0 Å². The summed E-state index contributed by atoms with van der Waals surface area (Å²) in [6.07, 6.45) is 0.239. The molecule has 0 saturated carbocycles. The van der Waals surface area contributed by atoms with Crippen molar-refractivity contribution in [3.63, 3.8) is 0 Å². The smallest absolute Gasteiger partial charge is 0.338 e. The lowest BCUT2D eigenvalue weighted by molar-refractivity contribution is -0.137. The lowest BCUT2D eigenvalue weighted by atomic mass is 10.0. The zero-order chi connectivity index (χ0) is 19.9. The predicted octanol–water partition coefficient (Wildman–Crippen LogP) is 4.24. The Labute approximate surface area is 159 Å². The number of benzene rings is 1. The van der Waals surface area contributed by atoms with Gasteiger partial charge in [0.2, 0.25) is 0 Å². The highest BCUT2D eigenvalue weighted by Crippen LogP contribution is 2.34. The summed E-state index contributed by atoms with van der Waals surface area (Å²) in [5, 5.41) is 0. The molecule has 0 spiro atoms. The van der Waals surface area contributed by atoms with E-state index in [1.54, 1.807) is 36.4 Å². The van der Waals surface area contributed by atoms with Crippen molar-refractivity contribution >= 4 is 16.9 Å². The Hall–Kier alpha value is -2.90. The fourth-order valence-electron chi connectivity index (χ4n) is 3.86. The fraction of sp³-hybridized carbons (Fsp3) is 0.350. The molecule has 0 bridgehead atoms. The lowest BCUT2D eigenvalue weighted by Crippen LogP contribution is -2.39. The average molecular weight is 388 g/mol. The Morgan fingerprint density at radius 3 is 2.57 bits per heavy atom. The van der Waals surface area contributed by atoms with E-state index in [1.807, 2.05) is 4.57 Å². The molecule has 3 heterocycles. The van der Waals surface area contributed by atoms with Crippen molar-refractivity contribution in [2.24, 2.45) is 0 Å². The summed E-state index contributed by atoms with van der Waals surface area (Å²) in [7, 11) is 0. The number of likely N-dealkylation sites (tertiary alicyclic amines) is 1. The van der Waals surface area contributed by atoms with Gasteiger partial charge in [-0.3, -0.25) is 9.78 Å². The van der Waals surface area contributed by atoms with Crippen LogP contribution in [0.2, 0.25) is 0 Å². The second-order valence-corrected chi connectivity index (χ2v) is 7.00. The molecule has 1 fully saturated rings. The van der Waals surface area contributed by atoms with Crippen LogP contribution in [0.3, 0.4) is 0 Å². The first-order valence-corrected chi connectivity index (χ1v) is 9.09. The van der Waals surface area contributed by atoms with E-state index in [0.29, 0.717) is 35.5 Å². The molecule has 8 heteroatoms. The van der Waals surface area contributed by atoms with Crippen LogP contribution in [0.25, 0.3) is 11.0 Å². The standard InChI is InChI=1S/C20H19F3N4O/c1-13-25-17-11-15(20(21,22)23)4-5-18(17)27(13)16-6-9-26(10-7-16)19(28)14-3-2-8-24-12-14/h2-5,8,11-12,16H,6-7,9-10H2,1H3. The van der Waals surface area contributed by atoms with Crippen LogP contribution < -0.4 is 0 Å². The van der Waals surface area contributed by atoms with Crippen LogP contribution in [-0.4, -0.2) is 38.4 Å². The SMILES string of the molecule is Cc1nc2cc(C(F)(F)F)ccc2n1C1CCN(C(=O)c2cccnc2)CC1. The number of carbonyl (C=O) groups excluding carboxylic acids is 1. The largest absolute Gasteiger partial charge is 0.416 e. The summed E-state index contributed by atoms with van der Waals surface area (Å²) in [6, 6.07) is 7.26. The highest BCUT2D eigenvalue weighted by atomic mass is 19.4. The Morgan fingerprint density at radius 1 is 1.18 bits per heavy atom. The van der Waals surface area contributed by atoms with E-state index in [1.165, 1.54) is 6.07 Å². The number of aromatic nitrogens is 3. The number of rotatable bonds is 2. The second-order valence-electron chi connectivity index (χ2n) is 7.00. The molecule has 2 aromatic heterocycles. The molecule has 3 aromatic rings. The zero-order valence-electron chi connectivity index (χ0n) is 15.3. The number of piperidine rings is 1. The van der Waals surface area contributed by atoms with Crippen LogP contribution in [0.15, 0.2) is 42.7 Å². The number of amides is 1. The summed E-state index contributed by atoms with van der Waals surface area (Å²) in [5.74, 6) is 0.639. The molecule has 1 aliphatic heterocycles. The van der Waals surface area contributed by atoms with Crippen molar-refractivity contribution in [1.29, 1.82) is 0 Å². The van der Waals surface area contributed by atoms with Gasteiger partial charge in [-0.2, -0.15) is 13.2 Å². The zero-order valence-corrected chi connectivity index (χ0v) is 15.3. The molecule has 1 aliphatic rings. The summed E-state index contributed by atoms with van der Waals surface area (Å²) in [6.45, 7) is 2.97. The third-order valence-electron chi connectivity index (χ3n) is 5.22. The van der Waals surface area contributed by atoms with Gasteiger partial charge in [0.25, 0.3) is 5.91 Å². The summed E-state index contributed by atoms with van der Waals surface area (Å²) < 4.78 is 40.9. The number of imidazole rings is 1. The number of aryl methyl sites for hydroxylation is 1. The van der Waals surface area contributed by atoms with Gasteiger partial charge in [-0.25, -0.2) is 4.98 Å². The van der Waals surface area contributed by atoms with E-state index in [-0.39, 0.29) is 11.9 Å². The van der Waals surface area contributed by atoms with Gasteiger partial charge in [0.05, 0.1) is 22.2 Å². The molecule has 1 saturated heterocycles. The normalized spacial score (nSPS) is 15.9. The Bertz CT molecular complexity index is 1010. The first-order chi connectivity index (χ1) is 13.3. The molecule has 0 aliphatic carbocycles. The third kappa shape index (κ3) is 3.34. The average Bonchev–Trinajstić information content (AvgIpc) is 3.02. The first-order valence-electron chi connectivity index (χ1n) is 9.09. The van der Waals surface area contributed by atoms with E-state index in [2.05, 4.69) is 9.97 Å². The van der Waals surface area contributed by atoms with Gasteiger partial charge >= 0.3 is 6.18 Å². The molecule has 5 nitrogen and oxygen atoms in total. The van der Waals surface area contributed by atoms with E-state index in [4.69, 9.17) is 0 Å². The number of alkyl halides is 3. The van der Waals surface area contributed by atoms with Gasteiger partial charge in [0.1, 0.15) is 5.82 Å². The number of hydrogen-bond acceptors (Lipinski definition) is 3. The summed E-state index contributed by atoms with van der Waals surface area (Å²) in [4.78, 5) is 22.7. The van der Waals surface area contributed by atoms with Gasteiger partial charge in [0.15, 0.2) is 0 Å². The second kappa shape index (κ2) is 6.92. The minimum absolute atomic E-state index is 0.0476. The summed E-state index contributed by atoms with van der Waals surface area (Å²) >= 11 is 0. The summed E-state index contributed by atoms with van der Waals surface area (Å²) in [5.41, 5.74) is 0.912. The van der Waals surface area contributed by atoms with Crippen LogP contribution in [-0.2, 0) is 6.18 Å². The molecule has 0 unspecified atom stereocenters. The van der Waals surface area contributed by atoms with Crippen LogP contribution in [0.5, 0.6) is 0 Å². The molecule has 0 N–H and O–H groups in total. The number of carbonyl (C=O) groups is 1. The van der Waals surface area contributed by atoms with Crippen molar-refractivity contribution in [1.82, 2.24) is 19.4 Å². The highest BCUT2D eigenvalue weighted by Gasteiger charge is 2.32. The number of halogens is 3. The maximum Gasteiger partial charge on any atom is 0.416 e. The van der Waals surface area contributed by atoms with Gasteiger partial charge in [-0.15, -0.1) is 0 Å². The van der Waals surface area contributed by atoms with E-state index >= 15 is 0 Å². The van der Waals surface area contributed by atoms with Crippen LogP contribution in [0.4, 0.5) is 13.2 Å². The molecule has 1 aromatic carbocycles. The fourth-order valence-corrected chi connectivity index (χ4v) is 3.86. The molecular formula is C20H19F3N4O. The van der Waals surface area contributed by atoms with Gasteiger partial charge in [-0.05, 0) is 50.1 Å². The van der Waals surface area contributed by atoms with Crippen LogP contribution in [0, 0.1) is 6.92 Å². The van der Waals surface area contributed by atoms with E-state index in [9.17, 15) is 18.0 Å². The topological polar surface area (TPSA) is 51.0 Å². The maximum absolute atomic E-state index is 13.0. The van der Waals surface area contributed by atoms with Gasteiger partial charge < -0.3 is 9.47 Å². The highest BCUT2D eigenvalue weighted by molar-refractivity contribution is 5.93. The molecule has 0 atom stereocenters. The molecule has 28 heavy (non-hydrogen) atoms. The minimum Gasteiger partial charge on any atom is -0.338 e. The number of hydrogen-bond donors (Lipinski definition) is 0. The monoisotopic (exact) mass is 388 g/mol. The van der Waals surface area contributed by atoms with Crippen molar-refractivity contribution < 1.29 is 18.0 Å². The Balaban J connectivity index is 1.54. The third-order valence-corrected chi connectivity index (χ3v) is 5.22. The Morgan fingerprint density at radius 2 is 1.93 bits per heavy atom. The van der Waals surface area contributed by atoms with Crippen LogP contribution >= 0.6 is 0 Å². The number of nitrogens with zero attached hydrogens (tertiary/aromatic N) is 4. The van der Waals surface area contributed by atoms with E-state index < -0.39 is 11.7 Å². The quantitative estimate of drug-likeness (QED) is 0.660. The van der Waals surface area contributed by atoms with Crippen molar-refractivity contribution in [2.75, 3.05) is 13.1 Å². The molecule has 0 radical (unpaired) electrons. The van der Waals surface area contributed by atoms with Crippen molar-refractivity contribution in [3.05, 3.63) is 59.7 Å². The van der Waals surface area contributed by atoms with Crippen molar-refractivity contribution in [2.45, 2.75) is 32.0 Å². The molecule has 146 valence electrons. The first kappa shape index (κ1) is 18.5. The molecule has 1 amide bonds. The van der Waals surface area contributed by atoms with Crippen LogP contribution in [0.1, 0.15) is 40.6 Å². The Kier molecular flexibility index (Phi) is 4.56. The molecular weight excluding hydrogens is 369 g/mol. The van der Waals surface area contributed by atoms with Gasteiger partial charge in [0, 0.05) is 31.5 Å². The predicted molar refractivity (Wildman–Crippen MR) is 97.9 cm³/mol. The lowest BCUT2D eigenvalue weighted by Gasteiger charge is -2.33.